The average Bonchev–Trinajstić information content (AvgIpc) is 3.21. The maximum atomic E-state index is 11.7. The maximum absolute atomic E-state index is 11.7. The van der Waals surface area contributed by atoms with Crippen molar-refractivity contribution < 1.29 is 4.79 Å². The van der Waals surface area contributed by atoms with E-state index < -0.39 is 0 Å². The van der Waals surface area contributed by atoms with Gasteiger partial charge in [-0.15, -0.1) is 11.3 Å². The molecule has 3 atom stereocenters. The first-order chi connectivity index (χ1) is 13.8. The molecule has 150 valence electrons. The van der Waals surface area contributed by atoms with Gasteiger partial charge in [-0.05, 0) is 74.1 Å². The van der Waals surface area contributed by atoms with E-state index in [-0.39, 0.29) is 5.91 Å². The summed E-state index contributed by atoms with van der Waals surface area (Å²) in [6.45, 7) is 5.79. The third kappa shape index (κ3) is 3.79. The van der Waals surface area contributed by atoms with Crippen LogP contribution in [0.1, 0.15) is 38.5 Å². The highest BCUT2D eigenvalue weighted by atomic mass is 32.1. The molecule has 28 heavy (non-hydrogen) atoms. The van der Waals surface area contributed by atoms with Gasteiger partial charge in [-0.3, -0.25) is 9.69 Å². The number of amides is 1. The van der Waals surface area contributed by atoms with Gasteiger partial charge in [-0.1, -0.05) is 6.07 Å². The molecule has 0 radical (unpaired) electrons. The Kier molecular flexibility index (Phi) is 5.29. The highest BCUT2D eigenvalue weighted by Crippen LogP contribution is 2.36. The highest BCUT2D eigenvalue weighted by molar-refractivity contribution is 7.17. The number of anilines is 1. The largest absolute Gasteiger partial charge is 0.368 e. The molecule has 5 heteroatoms. The smallest absolute Gasteiger partial charge is 0.220 e. The van der Waals surface area contributed by atoms with E-state index in [0.717, 1.165) is 50.9 Å². The van der Waals surface area contributed by atoms with Crippen LogP contribution >= 0.6 is 11.3 Å². The average molecular weight is 398 g/mol. The van der Waals surface area contributed by atoms with Gasteiger partial charge in [-0.2, -0.15) is 0 Å². The highest BCUT2D eigenvalue weighted by Gasteiger charge is 2.34. The van der Waals surface area contributed by atoms with Gasteiger partial charge in [0.25, 0.3) is 0 Å². The number of nitrogens with one attached hydrogen (secondary N) is 1. The molecule has 3 fully saturated rings. The van der Waals surface area contributed by atoms with Gasteiger partial charge in [0.2, 0.25) is 5.91 Å². The van der Waals surface area contributed by atoms with Crippen LogP contribution in [0, 0.1) is 11.8 Å². The Morgan fingerprint density at radius 2 is 1.96 bits per heavy atom. The molecular formula is C23H31N3OS. The molecule has 0 bridgehead atoms. The lowest BCUT2D eigenvalue weighted by Crippen LogP contribution is -2.49. The van der Waals surface area contributed by atoms with Crippen LogP contribution < -0.4 is 10.2 Å². The summed E-state index contributed by atoms with van der Waals surface area (Å²) in [5.41, 5.74) is 1.41. The number of rotatable bonds is 4. The second-order valence-corrected chi connectivity index (χ2v) is 9.83. The number of benzene rings is 1. The summed E-state index contributed by atoms with van der Waals surface area (Å²) in [5, 5.41) is 6.88. The summed E-state index contributed by atoms with van der Waals surface area (Å²) < 4.78 is 1.39. The summed E-state index contributed by atoms with van der Waals surface area (Å²) >= 11 is 1.83. The van der Waals surface area contributed by atoms with Crippen molar-refractivity contribution in [3.63, 3.8) is 0 Å². The number of thiophene rings is 1. The Hall–Kier alpha value is -1.59. The lowest BCUT2D eigenvalue weighted by molar-refractivity contribution is -0.125. The molecule has 3 aliphatic rings. The Morgan fingerprint density at radius 1 is 1.07 bits per heavy atom. The van der Waals surface area contributed by atoms with Crippen molar-refractivity contribution in [2.75, 3.05) is 37.6 Å². The molecule has 3 unspecified atom stereocenters. The SMILES string of the molecule is O=C1CCC2CCC(CCN3CCN(c4cccc5sccc45)CC3)CC2N1. The van der Waals surface area contributed by atoms with E-state index in [9.17, 15) is 4.79 Å². The number of carbonyl (C=O) groups is 1. The third-order valence-electron chi connectivity index (χ3n) is 7.23. The van der Waals surface area contributed by atoms with E-state index in [4.69, 9.17) is 0 Å². The second-order valence-electron chi connectivity index (χ2n) is 8.88. The monoisotopic (exact) mass is 397 g/mol. The molecule has 4 nitrogen and oxygen atoms in total. The normalized spacial score (nSPS) is 28.9. The minimum atomic E-state index is 0.277. The van der Waals surface area contributed by atoms with Gasteiger partial charge in [-0.25, -0.2) is 0 Å². The van der Waals surface area contributed by atoms with Crippen molar-refractivity contribution in [2.24, 2.45) is 11.8 Å². The molecular weight excluding hydrogens is 366 g/mol. The third-order valence-corrected chi connectivity index (χ3v) is 8.11. The lowest BCUT2D eigenvalue weighted by atomic mass is 9.73. The van der Waals surface area contributed by atoms with Crippen molar-refractivity contribution >= 4 is 33.0 Å². The van der Waals surface area contributed by atoms with Gasteiger partial charge in [0.15, 0.2) is 0 Å². The first kappa shape index (κ1) is 18.4. The Bertz CT molecular complexity index is 826. The fourth-order valence-electron chi connectivity index (χ4n) is 5.53. The Labute approximate surface area is 171 Å². The predicted molar refractivity (Wildman–Crippen MR) is 117 cm³/mol. The van der Waals surface area contributed by atoms with Gasteiger partial charge in [0.1, 0.15) is 0 Å². The Balaban J connectivity index is 1.11. The van der Waals surface area contributed by atoms with E-state index >= 15 is 0 Å². The summed E-state index contributed by atoms with van der Waals surface area (Å²) in [6.07, 6.45) is 7.03. The quantitative estimate of drug-likeness (QED) is 0.843. The van der Waals surface area contributed by atoms with Crippen molar-refractivity contribution in [2.45, 2.75) is 44.6 Å². The fourth-order valence-corrected chi connectivity index (χ4v) is 6.34. The molecule has 1 N–H and O–H groups in total. The summed E-state index contributed by atoms with van der Waals surface area (Å²) in [4.78, 5) is 16.9. The van der Waals surface area contributed by atoms with E-state index in [2.05, 4.69) is 44.8 Å². The van der Waals surface area contributed by atoms with Crippen LogP contribution in [0.2, 0.25) is 0 Å². The summed E-state index contributed by atoms with van der Waals surface area (Å²) in [6, 6.07) is 9.43. The maximum Gasteiger partial charge on any atom is 0.220 e. The fraction of sp³-hybridized carbons (Fsp3) is 0.609. The first-order valence-electron chi connectivity index (χ1n) is 11.0. The number of hydrogen-bond donors (Lipinski definition) is 1. The van der Waals surface area contributed by atoms with Crippen molar-refractivity contribution in [1.82, 2.24) is 10.2 Å². The van der Waals surface area contributed by atoms with Crippen LogP contribution in [0.25, 0.3) is 10.1 Å². The van der Waals surface area contributed by atoms with Gasteiger partial charge in [0, 0.05) is 54.4 Å². The number of hydrogen-bond acceptors (Lipinski definition) is 4. The van der Waals surface area contributed by atoms with E-state index in [1.54, 1.807) is 0 Å². The first-order valence-corrected chi connectivity index (χ1v) is 11.9. The molecule has 1 aromatic carbocycles. The molecule has 0 spiro atoms. The zero-order valence-electron chi connectivity index (χ0n) is 16.6. The molecule has 1 aliphatic carbocycles. The van der Waals surface area contributed by atoms with E-state index in [1.807, 2.05) is 11.3 Å². The van der Waals surface area contributed by atoms with Gasteiger partial charge >= 0.3 is 0 Å². The minimum Gasteiger partial charge on any atom is -0.368 e. The predicted octanol–water partition coefficient (Wildman–Crippen LogP) is 4.11. The van der Waals surface area contributed by atoms with Gasteiger partial charge < -0.3 is 10.2 Å². The number of piperidine rings is 1. The zero-order valence-corrected chi connectivity index (χ0v) is 17.4. The molecule has 2 saturated heterocycles. The van der Waals surface area contributed by atoms with Gasteiger partial charge in [0.05, 0.1) is 0 Å². The standard InChI is InChI=1S/C23H31N3OS/c27-23-7-6-18-5-4-17(16-20(18)24-23)8-10-25-11-13-26(14-12-25)21-2-1-3-22-19(21)9-15-28-22/h1-3,9,15,17-18,20H,4-8,10-14,16H2,(H,24,27). The van der Waals surface area contributed by atoms with E-state index in [1.165, 1.54) is 48.0 Å². The number of carbonyl (C=O) groups excluding carboxylic acids is 1. The number of nitrogens with zero attached hydrogens (tertiary/aromatic N) is 2. The molecule has 5 rings (SSSR count). The van der Waals surface area contributed by atoms with E-state index in [0.29, 0.717) is 6.04 Å². The molecule has 2 aliphatic heterocycles. The van der Waals surface area contributed by atoms with Crippen LogP contribution in [-0.4, -0.2) is 49.6 Å². The number of piperazine rings is 1. The van der Waals surface area contributed by atoms with Crippen LogP contribution in [0.4, 0.5) is 5.69 Å². The molecule has 1 aromatic heterocycles. The molecule has 1 saturated carbocycles. The van der Waals surface area contributed by atoms with Crippen molar-refractivity contribution in [1.29, 1.82) is 0 Å². The minimum absolute atomic E-state index is 0.277. The van der Waals surface area contributed by atoms with Crippen molar-refractivity contribution in [3.05, 3.63) is 29.6 Å². The summed E-state index contributed by atoms with van der Waals surface area (Å²) in [7, 11) is 0. The van der Waals surface area contributed by atoms with Crippen LogP contribution in [-0.2, 0) is 4.79 Å². The lowest BCUT2D eigenvalue weighted by Gasteiger charge is -2.41. The van der Waals surface area contributed by atoms with Crippen LogP contribution in [0.5, 0.6) is 0 Å². The topological polar surface area (TPSA) is 35.6 Å². The van der Waals surface area contributed by atoms with Crippen LogP contribution in [0.15, 0.2) is 29.6 Å². The number of fused-ring (bicyclic) bond motifs is 2. The molecule has 1 amide bonds. The van der Waals surface area contributed by atoms with Crippen LogP contribution in [0.3, 0.4) is 0 Å². The molecule has 3 heterocycles. The second kappa shape index (κ2) is 8.03. The molecule has 2 aromatic rings. The summed E-state index contributed by atoms with van der Waals surface area (Å²) in [5.74, 6) is 1.81. The zero-order chi connectivity index (χ0) is 18.9. The van der Waals surface area contributed by atoms with Crippen molar-refractivity contribution in [3.8, 4) is 0 Å². The Morgan fingerprint density at radius 3 is 2.86 bits per heavy atom.